The molecule has 4 heterocycles. The Labute approximate surface area is 124 Å². The monoisotopic (exact) mass is 286 g/mol. The number of hydrogen-bond acceptors (Lipinski definition) is 5. The molecule has 2 atom stereocenters. The van der Waals surface area contributed by atoms with Crippen molar-refractivity contribution in [1.82, 2.24) is 24.6 Å². The minimum absolute atomic E-state index is 0.624. The van der Waals surface area contributed by atoms with Crippen LogP contribution in [0.3, 0.4) is 0 Å². The Morgan fingerprint density at radius 3 is 2.86 bits per heavy atom. The van der Waals surface area contributed by atoms with Gasteiger partial charge in [-0.05, 0) is 39.3 Å². The van der Waals surface area contributed by atoms with E-state index in [4.69, 9.17) is 4.98 Å². The predicted octanol–water partition coefficient (Wildman–Crippen LogP) is 1.20. The normalized spacial score (nSPS) is 26.5. The van der Waals surface area contributed by atoms with Gasteiger partial charge in [0.2, 0.25) is 0 Å². The van der Waals surface area contributed by atoms with Gasteiger partial charge in [0.1, 0.15) is 11.6 Å². The molecule has 0 aliphatic carbocycles. The number of hydrogen-bond donors (Lipinski definition) is 0. The standard InChI is InChI=1S/C15H22N6/c1-10-17-14-12(8-16-20(14)3)15(18-10)21-7-4-11-9-19(2)6-5-13(11)21/h8,11,13H,4-7,9H2,1-3H3/t11-,13+/m0/s1. The number of rotatable bonds is 1. The fourth-order valence-corrected chi connectivity index (χ4v) is 3.96. The maximum Gasteiger partial charge on any atom is 0.163 e. The number of fused-ring (bicyclic) bond motifs is 2. The van der Waals surface area contributed by atoms with Gasteiger partial charge < -0.3 is 9.80 Å². The second-order valence-corrected chi connectivity index (χ2v) is 6.46. The largest absolute Gasteiger partial charge is 0.353 e. The molecular formula is C15H22N6. The number of aromatic nitrogens is 4. The summed E-state index contributed by atoms with van der Waals surface area (Å²) < 4.78 is 1.84. The molecule has 0 unspecified atom stereocenters. The summed E-state index contributed by atoms with van der Waals surface area (Å²) in [6.45, 7) is 5.46. The molecule has 4 rings (SSSR count). The van der Waals surface area contributed by atoms with Crippen molar-refractivity contribution in [2.24, 2.45) is 13.0 Å². The average Bonchev–Trinajstić information content (AvgIpc) is 3.02. The van der Waals surface area contributed by atoms with E-state index in [0.29, 0.717) is 6.04 Å². The first kappa shape index (κ1) is 13.0. The van der Waals surface area contributed by atoms with Crippen LogP contribution in [0.5, 0.6) is 0 Å². The van der Waals surface area contributed by atoms with Crippen LogP contribution in [-0.2, 0) is 7.05 Å². The van der Waals surface area contributed by atoms with Crippen molar-refractivity contribution in [2.75, 3.05) is 31.6 Å². The zero-order chi connectivity index (χ0) is 14.6. The van der Waals surface area contributed by atoms with Crippen LogP contribution < -0.4 is 4.90 Å². The summed E-state index contributed by atoms with van der Waals surface area (Å²) >= 11 is 0. The fraction of sp³-hybridized carbons (Fsp3) is 0.667. The molecule has 0 saturated carbocycles. The second kappa shape index (κ2) is 4.66. The van der Waals surface area contributed by atoms with Gasteiger partial charge in [-0.15, -0.1) is 0 Å². The van der Waals surface area contributed by atoms with Crippen LogP contribution in [0.4, 0.5) is 5.82 Å². The first-order valence-electron chi connectivity index (χ1n) is 7.75. The zero-order valence-corrected chi connectivity index (χ0v) is 13.0. The summed E-state index contributed by atoms with van der Waals surface area (Å²) in [5, 5.41) is 5.45. The minimum Gasteiger partial charge on any atom is -0.353 e. The molecule has 2 fully saturated rings. The van der Waals surface area contributed by atoms with Crippen LogP contribution in [0.25, 0.3) is 11.0 Å². The van der Waals surface area contributed by atoms with Crippen LogP contribution in [0.15, 0.2) is 6.20 Å². The van der Waals surface area contributed by atoms with Crippen LogP contribution >= 0.6 is 0 Å². The van der Waals surface area contributed by atoms with Gasteiger partial charge in [-0.2, -0.15) is 5.10 Å². The van der Waals surface area contributed by atoms with Gasteiger partial charge in [0.25, 0.3) is 0 Å². The van der Waals surface area contributed by atoms with E-state index >= 15 is 0 Å². The van der Waals surface area contributed by atoms with E-state index in [1.54, 1.807) is 0 Å². The van der Waals surface area contributed by atoms with Gasteiger partial charge in [-0.3, -0.25) is 4.68 Å². The van der Waals surface area contributed by atoms with E-state index in [0.717, 1.165) is 35.1 Å². The van der Waals surface area contributed by atoms with Gasteiger partial charge in [0, 0.05) is 26.2 Å². The molecule has 0 N–H and O–H groups in total. The third-order valence-electron chi connectivity index (χ3n) is 4.99. The van der Waals surface area contributed by atoms with E-state index in [-0.39, 0.29) is 0 Å². The smallest absolute Gasteiger partial charge is 0.163 e. The predicted molar refractivity (Wildman–Crippen MR) is 82.4 cm³/mol. The van der Waals surface area contributed by atoms with E-state index in [1.807, 2.05) is 24.9 Å². The third-order valence-corrected chi connectivity index (χ3v) is 4.99. The molecule has 2 aliphatic heterocycles. The average molecular weight is 286 g/mol. The Bertz CT molecular complexity index is 678. The topological polar surface area (TPSA) is 50.1 Å². The van der Waals surface area contributed by atoms with Crippen LogP contribution in [-0.4, -0.2) is 57.4 Å². The number of anilines is 1. The Morgan fingerprint density at radius 2 is 2.00 bits per heavy atom. The molecule has 2 aromatic rings. The lowest BCUT2D eigenvalue weighted by atomic mass is 9.93. The van der Waals surface area contributed by atoms with E-state index < -0.39 is 0 Å². The third kappa shape index (κ3) is 2.00. The first-order valence-corrected chi connectivity index (χ1v) is 7.75. The highest BCUT2D eigenvalue weighted by molar-refractivity contribution is 5.87. The zero-order valence-electron chi connectivity index (χ0n) is 13.0. The van der Waals surface area contributed by atoms with E-state index in [9.17, 15) is 0 Å². The van der Waals surface area contributed by atoms with E-state index in [2.05, 4.69) is 26.9 Å². The van der Waals surface area contributed by atoms with Crippen LogP contribution in [0, 0.1) is 12.8 Å². The van der Waals surface area contributed by atoms with Crippen LogP contribution in [0.1, 0.15) is 18.7 Å². The van der Waals surface area contributed by atoms with Gasteiger partial charge in [0.15, 0.2) is 5.65 Å². The van der Waals surface area contributed by atoms with Crippen molar-refractivity contribution in [1.29, 1.82) is 0 Å². The van der Waals surface area contributed by atoms with Gasteiger partial charge in [-0.1, -0.05) is 0 Å². The summed E-state index contributed by atoms with van der Waals surface area (Å²) in [5.74, 6) is 2.69. The Kier molecular flexibility index (Phi) is 2.89. The number of piperidine rings is 1. The lowest BCUT2D eigenvalue weighted by Gasteiger charge is -2.36. The number of aryl methyl sites for hydroxylation is 2. The molecule has 2 aliphatic rings. The van der Waals surface area contributed by atoms with Crippen molar-refractivity contribution in [3.8, 4) is 0 Å². The SMILES string of the molecule is Cc1nc(N2CC[C@H]3CN(C)CC[C@H]32)c2cnn(C)c2n1. The molecular weight excluding hydrogens is 264 g/mol. The molecule has 0 aromatic carbocycles. The highest BCUT2D eigenvalue weighted by atomic mass is 15.3. The fourth-order valence-electron chi connectivity index (χ4n) is 3.96. The minimum atomic E-state index is 0.624. The first-order chi connectivity index (χ1) is 10.1. The summed E-state index contributed by atoms with van der Waals surface area (Å²) in [7, 11) is 4.17. The van der Waals surface area contributed by atoms with Gasteiger partial charge >= 0.3 is 0 Å². The Hall–Kier alpha value is -1.69. The maximum absolute atomic E-state index is 4.75. The summed E-state index contributed by atoms with van der Waals surface area (Å²) in [5.41, 5.74) is 0.939. The molecule has 2 aromatic heterocycles. The molecule has 0 bridgehead atoms. The summed E-state index contributed by atoms with van der Waals surface area (Å²) in [6, 6.07) is 0.624. The lowest BCUT2D eigenvalue weighted by Crippen LogP contribution is -2.44. The highest BCUT2D eigenvalue weighted by Crippen LogP contribution is 2.36. The van der Waals surface area contributed by atoms with E-state index in [1.165, 1.54) is 25.9 Å². The van der Waals surface area contributed by atoms with Gasteiger partial charge in [-0.25, -0.2) is 9.97 Å². The molecule has 112 valence electrons. The van der Waals surface area contributed by atoms with Crippen LogP contribution in [0.2, 0.25) is 0 Å². The van der Waals surface area contributed by atoms with Crippen molar-refractivity contribution >= 4 is 16.9 Å². The van der Waals surface area contributed by atoms with Crippen molar-refractivity contribution in [3.63, 3.8) is 0 Å². The molecule has 0 radical (unpaired) electrons. The second-order valence-electron chi connectivity index (χ2n) is 6.46. The van der Waals surface area contributed by atoms with Crippen molar-refractivity contribution in [2.45, 2.75) is 25.8 Å². The maximum atomic E-state index is 4.75. The summed E-state index contributed by atoms with van der Waals surface area (Å²) in [6.07, 6.45) is 4.40. The molecule has 6 nitrogen and oxygen atoms in total. The molecule has 0 amide bonds. The molecule has 21 heavy (non-hydrogen) atoms. The molecule has 0 spiro atoms. The lowest BCUT2D eigenvalue weighted by molar-refractivity contribution is 0.202. The quantitative estimate of drug-likeness (QED) is 0.788. The molecule has 2 saturated heterocycles. The van der Waals surface area contributed by atoms with Gasteiger partial charge in [0.05, 0.1) is 11.6 Å². The summed E-state index contributed by atoms with van der Waals surface area (Å²) in [4.78, 5) is 14.3. The Morgan fingerprint density at radius 1 is 1.14 bits per heavy atom. The number of nitrogens with zero attached hydrogens (tertiary/aromatic N) is 6. The highest BCUT2D eigenvalue weighted by Gasteiger charge is 2.38. The molecule has 6 heteroatoms. The van der Waals surface area contributed by atoms with Crippen molar-refractivity contribution in [3.05, 3.63) is 12.0 Å². The van der Waals surface area contributed by atoms with Crippen molar-refractivity contribution < 1.29 is 0 Å². The Balaban J connectivity index is 1.77. The number of likely N-dealkylation sites (tertiary alicyclic amines) is 1.